The van der Waals surface area contributed by atoms with Crippen molar-refractivity contribution >= 4 is 11.8 Å². The van der Waals surface area contributed by atoms with Crippen LogP contribution in [0.4, 0.5) is 0 Å². The van der Waals surface area contributed by atoms with Crippen LogP contribution < -0.4 is 11.1 Å². The maximum atomic E-state index is 11.4. The van der Waals surface area contributed by atoms with Gasteiger partial charge in [-0.3, -0.25) is 19.8 Å². The summed E-state index contributed by atoms with van der Waals surface area (Å²) >= 11 is 0. The van der Waals surface area contributed by atoms with Crippen LogP contribution in [-0.2, 0) is 9.59 Å². The van der Waals surface area contributed by atoms with E-state index in [0.717, 1.165) is 25.9 Å². The zero-order chi connectivity index (χ0) is 10.1. The summed E-state index contributed by atoms with van der Waals surface area (Å²) < 4.78 is 0. The molecule has 0 aromatic carbocycles. The van der Waals surface area contributed by atoms with Crippen LogP contribution in [-0.4, -0.2) is 41.9 Å². The molecule has 2 rings (SSSR count). The molecule has 2 aliphatic heterocycles. The summed E-state index contributed by atoms with van der Waals surface area (Å²) in [7, 11) is 0. The number of hydrogen-bond donors (Lipinski definition) is 2. The molecule has 0 aromatic heterocycles. The lowest BCUT2D eigenvalue weighted by molar-refractivity contribution is -0.126. The van der Waals surface area contributed by atoms with E-state index in [-0.39, 0.29) is 23.9 Å². The second kappa shape index (κ2) is 3.67. The Morgan fingerprint density at radius 3 is 2.43 bits per heavy atom. The summed E-state index contributed by atoms with van der Waals surface area (Å²) in [4.78, 5) is 24.4. The van der Waals surface area contributed by atoms with Crippen molar-refractivity contribution in [3.05, 3.63) is 0 Å². The Balaban J connectivity index is 1.95. The van der Waals surface area contributed by atoms with Crippen LogP contribution in [0.25, 0.3) is 0 Å². The van der Waals surface area contributed by atoms with Crippen LogP contribution in [0.1, 0.15) is 19.3 Å². The molecule has 0 radical (unpaired) electrons. The van der Waals surface area contributed by atoms with Gasteiger partial charge in [0.1, 0.15) is 0 Å². The first-order chi connectivity index (χ1) is 6.66. The maximum Gasteiger partial charge on any atom is 0.244 e. The lowest BCUT2D eigenvalue weighted by Crippen LogP contribution is -2.47. The lowest BCUT2D eigenvalue weighted by atomic mass is 10.0. The average molecular weight is 197 g/mol. The molecule has 0 aliphatic carbocycles. The zero-order valence-electron chi connectivity index (χ0n) is 8.03. The summed E-state index contributed by atoms with van der Waals surface area (Å²) in [6.45, 7) is 1.65. The van der Waals surface area contributed by atoms with E-state index in [0.29, 0.717) is 6.42 Å². The smallest absolute Gasteiger partial charge is 0.244 e. The van der Waals surface area contributed by atoms with Gasteiger partial charge in [-0.2, -0.15) is 0 Å². The molecule has 0 saturated carbocycles. The molecule has 78 valence electrons. The number of carbonyl (C=O) groups excluding carboxylic acids is 2. The van der Waals surface area contributed by atoms with Crippen molar-refractivity contribution in [1.82, 2.24) is 10.2 Å². The van der Waals surface area contributed by atoms with Gasteiger partial charge in [0.15, 0.2) is 0 Å². The largest absolute Gasteiger partial charge is 0.328 e. The van der Waals surface area contributed by atoms with E-state index in [4.69, 9.17) is 5.73 Å². The summed E-state index contributed by atoms with van der Waals surface area (Å²) in [5, 5.41) is 2.32. The Labute approximate surface area is 82.6 Å². The van der Waals surface area contributed by atoms with E-state index in [1.165, 1.54) is 0 Å². The van der Waals surface area contributed by atoms with Crippen molar-refractivity contribution in [1.29, 1.82) is 0 Å². The van der Waals surface area contributed by atoms with Gasteiger partial charge in [-0.1, -0.05) is 0 Å². The van der Waals surface area contributed by atoms with Crippen molar-refractivity contribution in [2.45, 2.75) is 31.3 Å². The van der Waals surface area contributed by atoms with Crippen molar-refractivity contribution < 1.29 is 9.59 Å². The van der Waals surface area contributed by atoms with Gasteiger partial charge in [-0.05, 0) is 12.8 Å². The summed E-state index contributed by atoms with van der Waals surface area (Å²) in [5.41, 5.74) is 5.76. The first-order valence-electron chi connectivity index (χ1n) is 5.00. The maximum absolute atomic E-state index is 11.4. The third-order valence-electron chi connectivity index (χ3n) is 2.96. The summed E-state index contributed by atoms with van der Waals surface area (Å²) in [6.07, 6.45) is 2.14. The average Bonchev–Trinajstić information content (AvgIpc) is 2.47. The molecule has 0 unspecified atom stereocenters. The molecule has 0 bridgehead atoms. The first-order valence-corrected chi connectivity index (χ1v) is 5.00. The Morgan fingerprint density at radius 2 is 1.93 bits per heavy atom. The van der Waals surface area contributed by atoms with Gasteiger partial charge in [-0.15, -0.1) is 0 Å². The number of piperidine rings is 1. The highest BCUT2D eigenvalue weighted by molar-refractivity contribution is 6.05. The number of imide groups is 1. The van der Waals surface area contributed by atoms with Gasteiger partial charge in [0.2, 0.25) is 11.8 Å². The van der Waals surface area contributed by atoms with E-state index in [1.54, 1.807) is 0 Å². The second-order valence-corrected chi connectivity index (χ2v) is 4.01. The Hall–Kier alpha value is -0.940. The highest BCUT2D eigenvalue weighted by atomic mass is 16.2. The van der Waals surface area contributed by atoms with Gasteiger partial charge >= 0.3 is 0 Å². The number of amides is 2. The SMILES string of the molecule is NC1CCN([C@H]2CC(=O)NC2=O)CC1. The number of nitrogens with one attached hydrogen (secondary N) is 1. The van der Waals surface area contributed by atoms with E-state index in [9.17, 15) is 9.59 Å². The molecule has 2 amide bonds. The van der Waals surface area contributed by atoms with Crippen molar-refractivity contribution in [2.24, 2.45) is 5.73 Å². The fourth-order valence-electron chi connectivity index (χ4n) is 2.07. The number of carbonyl (C=O) groups is 2. The molecular formula is C9H15N3O2. The predicted molar refractivity (Wildman–Crippen MR) is 50.3 cm³/mol. The number of rotatable bonds is 1. The van der Waals surface area contributed by atoms with Crippen LogP contribution in [0.5, 0.6) is 0 Å². The van der Waals surface area contributed by atoms with Gasteiger partial charge in [0.25, 0.3) is 0 Å². The number of hydrogen-bond acceptors (Lipinski definition) is 4. The Morgan fingerprint density at radius 1 is 1.29 bits per heavy atom. The van der Waals surface area contributed by atoms with Crippen LogP contribution in [0.3, 0.4) is 0 Å². The number of nitrogens with two attached hydrogens (primary N) is 1. The fourth-order valence-corrected chi connectivity index (χ4v) is 2.07. The van der Waals surface area contributed by atoms with Crippen LogP contribution in [0.15, 0.2) is 0 Å². The second-order valence-electron chi connectivity index (χ2n) is 4.01. The quantitative estimate of drug-likeness (QED) is 0.519. The molecule has 2 heterocycles. The minimum absolute atomic E-state index is 0.148. The molecule has 2 saturated heterocycles. The minimum atomic E-state index is -0.241. The van der Waals surface area contributed by atoms with E-state index >= 15 is 0 Å². The van der Waals surface area contributed by atoms with Crippen molar-refractivity contribution in [3.8, 4) is 0 Å². The molecule has 1 atom stereocenters. The zero-order valence-corrected chi connectivity index (χ0v) is 8.03. The van der Waals surface area contributed by atoms with E-state index < -0.39 is 0 Å². The molecular weight excluding hydrogens is 182 g/mol. The van der Waals surface area contributed by atoms with Gasteiger partial charge in [0, 0.05) is 19.1 Å². The van der Waals surface area contributed by atoms with E-state index in [1.807, 2.05) is 0 Å². The van der Waals surface area contributed by atoms with Gasteiger partial charge in [0.05, 0.1) is 12.5 Å². The lowest BCUT2D eigenvalue weighted by Gasteiger charge is -2.32. The molecule has 2 fully saturated rings. The summed E-state index contributed by atoms with van der Waals surface area (Å²) in [6, 6.07) is 0.0152. The Bertz CT molecular complexity index is 259. The highest BCUT2D eigenvalue weighted by Crippen LogP contribution is 2.16. The minimum Gasteiger partial charge on any atom is -0.328 e. The molecule has 14 heavy (non-hydrogen) atoms. The molecule has 5 nitrogen and oxygen atoms in total. The van der Waals surface area contributed by atoms with Gasteiger partial charge < -0.3 is 5.73 Å². The third-order valence-corrected chi connectivity index (χ3v) is 2.96. The monoisotopic (exact) mass is 197 g/mol. The number of nitrogens with zero attached hydrogens (tertiary/aromatic N) is 1. The molecule has 3 N–H and O–H groups in total. The van der Waals surface area contributed by atoms with Gasteiger partial charge in [-0.25, -0.2) is 0 Å². The predicted octanol–water partition coefficient (Wildman–Crippen LogP) is -1.18. The van der Waals surface area contributed by atoms with Crippen molar-refractivity contribution in [2.75, 3.05) is 13.1 Å². The summed E-state index contributed by atoms with van der Waals surface area (Å²) in [5.74, 6) is -0.305. The normalized spacial score (nSPS) is 30.8. The third kappa shape index (κ3) is 1.78. The van der Waals surface area contributed by atoms with Crippen LogP contribution >= 0.6 is 0 Å². The topological polar surface area (TPSA) is 75.4 Å². The van der Waals surface area contributed by atoms with Crippen LogP contribution in [0, 0.1) is 0 Å². The first kappa shape index (κ1) is 9.61. The molecule has 0 spiro atoms. The van der Waals surface area contributed by atoms with Crippen molar-refractivity contribution in [3.63, 3.8) is 0 Å². The van der Waals surface area contributed by atoms with E-state index in [2.05, 4.69) is 10.2 Å². The fraction of sp³-hybridized carbons (Fsp3) is 0.778. The standard InChI is InChI=1S/C9H15N3O2/c10-6-1-3-12(4-2-6)7-5-8(13)11-9(7)14/h6-7H,1-5,10H2,(H,11,13,14)/t7-/m0/s1. The Kier molecular flexibility index (Phi) is 2.52. The molecule has 5 heteroatoms. The molecule has 2 aliphatic rings. The molecule has 0 aromatic rings. The highest BCUT2D eigenvalue weighted by Gasteiger charge is 2.36. The number of likely N-dealkylation sites (tertiary alicyclic amines) is 1. The van der Waals surface area contributed by atoms with Crippen LogP contribution in [0.2, 0.25) is 0 Å².